The first-order valence-corrected chi connectivity index (χ1v) is 6.92. The van der Waals surface area contributed by atoms with Gasteiger partial charge in [-0.3, -0.25) is 0 Å². The topological polar surface area (TPSA) is 52.6 Å². The molecule has 0 N–H and O–H groups in total. The lowest BCUT2D eigenvalue weighted by Crippen LogP contribution is -2.70. The molecule has 0 bridgehead atoms. The Hall–Kier alpha value is -2.39. The van der Waals surface area contributed by atoms with Gasteiger partial charge in [-0.05, 0) is 0 Å². The maximum Gasteiger partial charge on any atom is 0.460 e. The third-order valence-electron chi connectivity index (χ3n) is 3.33. The van der Waals surface area contributed by atoms with Gasteiger partial charge in [-0.1, -0.05) is 0 Å². The van der Waals surface area contributed by atoms with Crippen LogP contribution < -0.4 is 0 Å². The second-order valence-electron chi connectivity index (χ2n) is 5.61. The van der Waals surface area contributed by atoms with Gasteiger partial charge in [0, 0.05) is 0 Å². The smallest absolute Gasteiger partial charge is 0.240 e. The molecule has 0 unspecified atom stereocenters. The number of hydrogen-bond donors (Lipinski definition) is 0. The average molecular weight is 558 g/mol. The summed E-state index contributed by atoms with van der Waals surface area (Å²) in [6, 6.07) is 0. The molecule has 4 nitrogen and oxygen atoms in total. The van der Waals surface area contributed by atoms with Gasteiger partial charge in [0.2, 0.25) is 0 Å². The lowest BCUT2D eigenvalue weighted by molar-refractivity contribution is -0.412. The van der Waals surface area contributed by atoms with E-state index in [1.165, 1.54) is 0 Å². The molecule has 34 heavy (non-hydrogen) atoms. The van der Waals surface area contributed by atoms with E-state index in [2.05, 4.69) is 0 Å². The van der Waals surface area contributed by atoms with Gasteiger partial charge in [-0.15, -0.1) is 0 Å². The highest BCUT2D eigenvalue weighted by Crippen LogP contribution is 2.58. The Morgan fingerprint density at radius 2 is 0.765 bits per heavy atom. The van der Waals surface area contributed by atoms with Gasteiger partial charge in [0.25, 0.3) is 0 Å². The highest BCUT2D eigenvalue weighted by atomic mass is 19.4. The Morgan fingerprint density at radius 3 is 1.03 bits per heavy atom. The molecule has 0 saturated carbocycles. The summed E-state index contributed by atoms with van der Waals surface area (Å²) >= 11 is 0. The zero-order valence-corrected chi connectivity index (χ0v) is 14.4. The Balaban J connectivity index is 6.02. The Labute approximate surface area is 170 Å². The minimum absolute atomic E-state index is 1.98. The fourth-order valence-electron chi connectivity index (χ4n) is 1.36. The Bertz CT molecular complexity index is 782. The van der Waals surface area contributed by atoms with Crippen LogP contribution in [0, 0.1) is 0 Å². The third kappa shape index (κ3) is 4.35. The monoisotopic (exact) mass is 558 g/mol. The molecule has 0 aromatic carbocycles. The molecule has 0 rings (SSSR count). The van der Waals surface area contributed by atoms with Crippen molar-refractivity contribution < 1.29 is 103 Å². The first kappa shape index (κ1) is 31.6. The summed E-state index contributed by atoms with van der Waals surface area (Å²) in [6.07, 6.45) is -13.2. The summed E-state index contributed by atoms with van der Waals surface area (Å²) in [5, 5.41) is 0. The molecular formula is C11HF19O4. The van der Waals surface area contributed by atoms with Crippen LogP contribution in [-0.4, -0.2) is 66.0 Å². The van der Waals surface area contributed by atoms with E-state index in [4.69, 9.17) is 0 Å². The molecule has 0 aliphatic rings. The molecule has 0 saturated heterocycles. The van der Waals surface area contributed by atoms with E-state index in [1.54, 1.807) is 0 Å². The minimum atomic E-state index is -8.33. The van der Waals surface area contributed by atoms with Gasteiger partial charge >= 0.3 is 66.0 Å². The maximum absolute atomic E-state index is 13.2. The van der Waals surface area contributed by atoms with Crippen LogP contribution in [0.15, 0.2) is 0 Å². The van der Waals surface area contributed by atoms with Gasteiger partial charge in [0.05, 0.1) is 0 Å². The SMILES string of the molecule is O=C(OOC(=O)C(F)(F)C(F)(F)C(F)(F)C(F)(F)C(F)(F)C(F)F)C(F)(F)C(F)(F)C(F)(F)F. The Kier molecular flexibility index (Phi) is 7.79. The van der Waals surface area contributed by atoms with E-state index < -0.39 is 66.0 Å². The molecule has 0 spiro atoms. The molecule has 0 atom stereocenters. The summed E-state index contributed by atoms with van der Waals surface area (Å²) in [7, 11) is 0. The van der Waals surface area contributed by atoms with Crippen molar-refractivity contribution >= 4 is 11.9 Å². The fourth-order valence-corrected chi connectivity index (χ4v) is 1.36. The largest absolute Gasteiger partial charge is 0.460 e. The predicted octanol–water partition coefficient (Wildman–Crippen LogP) is 5.26. The van der Waals surface area contributed by atoms with Crippen LogP contribution in [0.3, 0.4) is 0 Å². The zero-order chi connectivity index (χ0) is 28.1. The molecular weight excluding hydrogens is 557 g/mol. The van der Waals surface area contributed by atoms with E-state index in [-0.39, 0.29) is 0 Å². The second-order valence-corrected chi connectivity index (χ2v) is 5.61. The molecule has 0 aromatic rings. The van der Waals surface area contributed by atoms with Crippen LogP contribution in [-0.2, 0) is 19.4 Å². The van der Waals surface area contributed by atoms with Gasteiger partial charge in [0.1, 0.15) is 0 Å². The number of hydrogen-bond acceptors (Lipinski definition) is 4. The maximum atomic E-state index is 13.2. The van der Waals surface area contributed by atoms with Gasteiger partial charge in [-0.25, -0.2) is 28.1 Å². The van der Waals surface area contributed by atoms with Crippen molar-refractivity contribution in [2.45, 2.75) is 54.1 Å². The van der Waals surface area contributed by atoms with Gasteiger partial charge in [0.15, 0.2) is 0 Å². The number of carbonyl (C=O) groups excluding carboxylic acids is 2. The highest BCUT2D eigenvalue weighted by molar-refractivity contribution is 5.82. The highest BCUT2D eigenvalue weighted by Gasteiger charge is 2.89. The van der Waals surface area contributed by atoms with Crippen LogP contribution in [0.4, 0.5) is 83.4 Å². The summed E-state index contributed by atoms with van der Waals surface area (Å²) in [5.41, 5.74) is 0. The third-order valence-corrected chi connectivity index (χ3v) is 3.33. The van der Waals surface area contributed by atoms with Crippen LogP contribution in [0.2, 0.25) is 0 Å². The second kappa shape index (κ2) is 8.37. The van der Waals surface area contributed by atoms with Crippen molar-refractivity contribution in [3.05, 3.63) is 0 Å². The summed E-state index contributed by atoms with van der Waals surface area (Å²) in [5.74, 6) is -63.7. The van der Waals surface area contributed by atoms with Crippen LogP contribution in [0.5, 0.6) is 0 Å². The van der Waals surface area contributed by atoms with Crippen molar-refractivity contribution in [2.75, 3.05) is 0 Å². The molecule has 23 heteroatoms. The number of halogens is 19. The fraction of sp³-hybridized carbons (Fsp3) is 0.818. The number of carbonyl (C=O) groups is 2. The predicted molar refractivity (Wildman–Crippen MR) is 58.9 cm³/mol. The molecule has 0 fully saturated rings. The quantitative estimate of drug-likeness (QED) is 0.232. The van der Waals surface area contributed by atoms with Crippen molar-refractivity contribution in [3.8, 4) is 0 Å². The van der Waals surface area contributed by atoms with Crippen LogP contribution in [0.25, 0.3) is 0 Å². The Morgan fingerprint density at radius 1 is 0.471 bits per heavy atom. The van der Waals surface area contributed by atoms with E-state index >= 15 is 0 Å². The molecule has 0 aromatic heterocycles. The first-order chi connectivity index (χ1) is 14.5. The molecule has 0 aliphatic heterocycles. The normalized spacial score (nSPS) is 15.4. The van der Waals surface area contributed by atoms with Crippen molar-refractivity contribution in [1.29, 1.82) is 0 Å². The number of alkyl halides is 19. The van der Waals surface area contributed by atoms with E-state index in [0.717, 1.165) is 0 Å². The van der Waals surface area contributed by atoms with E-state index in [1.807, 2.05) is 9.78 Å². The van der Waals surface area contributed by atoms with Crippen molar-refractivity contribution in [3.63, 3.8) is 0 Å². The summed E-state index contributed by atoms with van der Waals surface area (Å²) < 4.78 is 240. The minimum Gasteiger partial charge on any atom is -0.240 e. The summed E-state index contributed by atoms with van der Waals surface area (Å²) in [4.78, 5) is 25.1. The van der Waals surface area contributed by atoms with Crippen LogP contribution >= 0.6 is 0 Å². The average Bonchev–Trinajstić information content (AvgIpc) is 2.63. The molecule has 0 amide bonds. The van der Waals surface area contributed by atoms with E-state index in [9.17, 15) is 93.0 Å². The van der Waals surface area contributed by atoms with Gasteiger partial charge < -0.3 is 0 Å². The summed E-state index contributed by atoms with van der Waals surface area (Å²) in [6.45, 7) is 0. The standard InChI is InChI=1S/C11HF19O4/c12-1(13)4(14,15)7(20,21)10(26,27)8(22,23)5(16,17)2(31)33-34-3(32)6(18,19)9(24,25)11(28,29)30/h1H. The molecule has 0 radical (unpaired) electrons. The first-order valence-electron chi connectivity index (χ1n) is 6.92. The molecule has 202 valence electrons. The molecule has 0 heterocycles. The van der Waals surface area contributed by atoms with Crippen molar-refractivity contribution in [1.82, 2.24) is 0 Å². The molecule has 0 aliphatic carbocycles. The lowest BCUT2D eigenvalue weighted by Gasteiger charge is -2.38. The zero-order valence-electron chi connectivity index (χ0n) is 14.4. The van der Waals surface area contributed by atoms with Crippen LogP contribution in [0.1, 0.15) is 0 Å². The van der Waals surface area contributed by atoms with Crippen molar-refractivity contribution in [2.24, 2.45) is 0 Å². The lowest BCUT2D eigenvalue weighted by atomic mass is 9.94. The number of rotatable bonds is 8. The van der Waals surface area contributed by atoms with E-state index in [0.29, 0.717) is 0 Å². The van der Waals surface area contributed by atoms with Gasteiger partial charge in [-0.2, -0.15) is 74.6 Å².